The second-order valence-electron chi connectivity index (χ2n) is 4.12. The van der Waals surface area contributed by atoms with E-state index < -0.39 is 18.1 Å². The number of aryl methyl sites for hydroxylation is 1. The van der Waals surface area contributed by atoms with Crippen molar-refractivity contribution < 1.29 is 24.2 Å². The molecule has 0 saturated carbocycles. The van der Waals surface area contributed by atoms with Gasteiger partial charge in [-0.2, -0.15) is 0 Å². The van der Waals surface area contributed by atoms with Crippen LogP contribution >= 0.6 is 0 Å². The van der Waals surface area contributed by atoms with E-state index in [0.717, 1.165) is 6.07 Å². The van der Waals surface area contributed by atoms with Gasteiger partial charge >= 0.3 is 11.9 Å². The molecule has 1 unspecified atom stereocenters. The highest BCUT2D eigenvalue weighted by Crippen LogP contribution is 2.28. The van der Waals surface area contributed by atoms with Gasteiger partial charge in [-0.05, 0) is 25.0 Å². The summed E-state index contributed by atoms with van der Waals surface area (Å²) in [5.41, 5.74) is 0.0203. The van der Waals surface area contributed by atoms with Gasteiger partial charge in [-0.25, -0.2) is 14.0 Å². The SMILES string of the molecule is CCCC(F)c1cc(C)c(C(=O)O)cc1C(=O)O. The van der Waals surface area contributed by atoms with Crippen molar-refractivity contribution in [3.63, 3.8) is 0 Å². The highest BCUT2D eigenvalue weighted by Gasteiger charge is 2.21. The van der Waals surface area contributed by atoms with E-state index in [2.05, 4.69) is 0 Å². The molecule has 0 radical (unpaired) electrons. The van der Waals surface area contributed by atoms with Crippen molar-refractivity contribution in [3.8, 4) is 0 Å². The van der Waals surface area contributed by atoms with Gasteiger partial charge in [-0.1, -0.05) is 19.4 Å². The summed E-state index contributed by atoms with van der Waals surface area (Å²) in [5, 5.41) is 17.9. The lowest BCUT2D eigenvalue weighted by Crippen LogP contribution is -2.10. The first-order chi connectivity index (χ1) is 8.38. The second-order valence-corrected chi connectivity index (χ2v) is 4.12. The Morgan fingerprint density at radius 3 is 2.22 bits per heavy atom. The number of carboxylic acids is 2. The van der Waals surface area contributed by atoms with Gasteiger partial charge in [0.1, 0.15) is 6.17 Å². The average Bonchev–Trinajstić information content (AvgIpc) is 2.27. The number of halogens is 1. The van der Waals surface area contributed by atoms with Gasteiger partial charge in [-0.15, -0.1) is 0 Å². The monoisotopic (exact) mass is 254 g/mol. The molecule has 1 atom stereocenters. The maximum atomic E-state index is 13.9. The predicted octanol–water partition coefficient (Wildman–Crippen LogP) is 3.20. The molecule has 0 heterocycles. The lowest BCUT2D eigenvalue weighted by Gasteiger charge is -2.13. The van der Waals surface area contributed by atoms with Crippen LogP contribution in [0.25, 0.3) is 0 Å². The molecule has 0 bridgehead atoms. The molecule has 1 aromatic rings. The summed E-state index contributed by atoms with van der Waals surface area (Å²) < 4.78 is 13.9. The standard InChI is InChI=1S/C13H15FO4/c1-3-4-11(14)9-5-7(2)8(12(15)16)6-10(9)13(17)18/h5-6,11H,3-4H2,1-2H3,(H,15,16)(H,17,18). The Morgan fingerprint density at radius 1 is 1.22 bits per heavy atom. The van der Waals surface area contributed by atoms with E-state index >= 15 is 0 Å². The molecular formula is C13H15FO4. The van der Waals surface area contributed by atoms with Gasteiger partial charge in [0, 0.05) is 5.56 Å². The van der Waals surface area contributed by atoms with E-state index in [0.29, 0.717) is 12.0 Å². The summed E-state index contributed by atoms with van der Waals surface area (Å²) >= 11 is 0. The highest BCUT2D eigenvalue weighted by molar-refractivity contribution is 5.96. The minimum absolute atomic E-state index is 0.0480. The molecule has 0 saturated heterocycles. The Labute approximate surface area is 104 Å². The Hall–Kier alpha value is -1.91. The number of carbonyl (C=O) groups is 2. The Kier molecular flexibility index (Phi) is 4.42. The van der Waals surface area contributed by atoms with Gasteiger partial charge in [0.2, 0.25) is 0 Å². The molecule has 98 valence electrons. The minimum atomic E-state index is -1.39. The molecule has 0 aromatic heterocycles. The number of hydrogen-bond acceptors (Lipinski definition) is 2. The predicted molar refractivity (Wildman–Crippen MR) is 63.9 cm³/mol. The molecule has 0 aliphatic rings. The Balaban J connectivity index is 3.38. The lowest BCUT2D eigenvalue weighted by atomic mass is 9.94. The van der Waals surface area contributed by atoms with E-state index in [-0.39, 0.29) is 23.1 Å². The van der Waals surface area contributed by atoms with Gasteiger partial charge in [0.25, 0.3) is 0 Å². The summed E-state index contributed by atoms with van der Waals surface area (Å²) in [4.78, 5) is 22.0. The third kappa shape index (κ3) is 2.85. The molecule has 4 nitrogen and oxygen atoms in total. The third-order valence-electron chi connectivity index (χ3n) is 2.74. The van der Waals surface area contributed by atoms with Crippen LogP contribution in [0.2, 0.25) is 0 Å². The average molecular weight is 254 g/mol. The zero-order valence-electron chi connectivity index (χ0n) is 10.2. The van der Waals surface area contributed by atoms with Gasteiger partial charge in [-0.3, -0.25) is 0 Å². The minimum Gasteiger partial charge on any atom is -0.478 e. The highest BCUT2D eigenvalue weighted by atomic mass is 19.1. The summed E-state index contributed by atoms with van der Waals surface area (Å²) in [5.74, 6) is -2.53. The number of carboxylic acid groups (broad SMARTS) is 2. The largest absolute Gasteiger partial charge is 0.478 e. The molecule has 0 fully saturated rings. The van der Waals surface area contributed by atoms with Crippen LogP contribution in [0.15, 0.2) is 12.1 Å². The van der Waals surface area contributed by atoms with Crippen molar-refractivity contribution in [2.24, 2.45) is 0 Å². The Bertz CT molecular complexity index is 482. The fraction of sp³-hybridized carbons (Fsp3) is 0.385. The fourth-order valence-electron chi connectivity index (χ4n) is 1.81. The molecule has 5 heteroatoms. The number of aromatic carboxylic acids is 2. The third-order valence-corrected chi connectivity index (χ3v) is 2.74. The van der Waals surface area contributed by atoms with Crippen molar-refractivity contribution in [1.29, 1.82) is 0 Å². The maximum Gasteiger partial charge on any atom is 0.336 e. The number of rotatable bonds is 5. The molecule has 18 heavy (non-hydrogen) atoms. The van der Waals surface area contributed by atoms with Crippen LogP contribution in [0, 0.1) is 6.92 Å². The lowest BCUT2D eigenvalue weighted by molar-refractivity contribution is 0.0693. The number of hydrogen-bond donors (Lipinski definition) is 2. The quantitative estimate of drug-likeness (QED) is 0.846. The van der Waals surface area contributed by atoms with E-state index in [4.69, 9.17) is 10.2 Å². The van der Waals surface area contributed by atoms with Crippen molar-refractivity contribution in [2.45, 2.75) is 32.9 Å². The fourth-order valence-corrected chi connectivity index (χ4v) is 1.81. The van der Waals surface area contributed by atoms with Gasteiger partial charge < -0.3 is 10.2 Å². The number of alkyl halides is 1. The van der Waals surface area contributed by atoms with Crippen molar-refractivity contribution >= 4 is 11.9 Å². The van der Waals surface area contributed by atoms with Crippen LogP contribution in [0.5, 0.6) is 0 Å². The first-order valence-electron chi connectivity index (χ1n) is 5.63. The molecule has 2 N–H and O–H groups in total. The van der Waals surface area contributed by atoms with E-state index in [1.807, 2.05) is 0 Å². The van der Waals surface area contributed by atoms with Crippen LogP contribution < -0.4 is 0 Å². The van der Waals surface area contributed by atoms with Gasteiger partial charge in [0.15, 0.2) is 0 Å². The summed E-state index contributed by atoms with van der Waals surface area (Å²) in [6, 6.07) is 2.34. The summed E-state index contributed by atoms with van der Waals surface area (Å²) in [6.07, 6.45) is -0.589. The first kappa shape index (κ1) is 14.2. The van der Waals surface area contributed by atoms with Crippen LogP contribution in [0.3, 0.4) is 0 Å². The zero-order valence-corrected chi connectivity index (χ0v) is 10.2. The van der Waals surface area contributed by atoms with Crippen molar-refractivity contribution in [3.05, 3.63) is 34.4 Å². The smallest absolute Gasteiger partial charge is 0.336 e. The zero-order chi connectivity index (χ0) is 13.9. The molecule has 0 amide bonds. The summed E-state index contributed by atoms with van der Waals surface area (Å²) in [6.45, 7) is 3.32. The van der Waals surface area contributed by atoms with Crippen molar-refractivity contribution in [1.82, 2.24) is 0 Å². The summed E-state index contributed by atoms with van der Waals surface area (Å²) in [7, 11) is 0. The van der Waals surface area contributed by atoms with Crippen LogP contribution in [-0.4, -0.2) is 22.2 Å². The topological polar surface area (TPSA) is 74.6 Å². The molecular weight excluding hydrogens is 239 g/mol. The first-order valence-corrected chi connectivity index (χ1v) is 5.63. The molecule has 1 aromatic carbocycles. The molecule has 0 spiro atoms. The van der Waals surface area contributed by atoms with Crippen LogP contribution in [0.1, 0.15) is 57.8 Å². The number of benzene rings is 1. The maximum absolute atomic E-state index is 13.9. The van der Waals surface area contributed by atoms with E-state index in [1.54, 1.807) is 6.92 Å². The van der Waals surface area contributed by atoms with Gasteiger partial charge in [0.05, 0.1) is 11.1 Å². The van der Waals surface area contributed by atoms with E-state index in [1.165, 1.54) is 13.0 Å². The molecule has 0 aliphatic carbocycles. The van der Waals surface area contributed by atoms with Crippen molar-refractivity contribution in [2.75, 3.05) is 0 Å². The molecule has 1 rings (SSSR count). The van der Waals surface area contributed by atoms with Crippen LogP contribution in [-0.2, 0) is 0 Å². The van der Waals surface area contributed by atoms with Crippen LogP contribution in [0.4, 0.5) is 4.39 Å². The molecule has 0 aliphatic heterocycles. The van der Waals surface area contributed by atoms with E-state index in [9.17, 15) is 14.0 Å². The Morgan fingerprint density at radius 2 is 1.78 bits per heavy atom. The second kappa shape index (κ2) is 5.62. The normalized spacial score (nSPS) is 12.2.